The predicted molar refractivity (Wildman–Crippen MR) is 176 cm³/mol. The molecule has 0 spiro atoms. The van der Waals surface area contributed by atoms with Crippen molar-refractivity contribution in [2.45, 2.75) is 65.0 Å². The average molecular weight is 679 g/mol. The second-order valence-corrected chi connectivity index (χ2v) is 15.7. The number of nitro groups is 2. The molecule has 11 nitrogen and oxygen atoms in total. The first kappa shape index (κ1) is 33.8. The molecule has 4 aromatic rings. The van der Waals surface area contributed by atoms with Gasteiger partial charge in [0.2, 0.25) is 4.90 Å². The van der Waals surface area contributed by atoms with Crippen LogP contribution in [0.3, 0.4) is 0 Å². The summed E-state index contributed by atoms with van der Waals surface area (Å²) in [6.07, 6.45) is 5.97. The molecular formula is C34H34N2O9S2. The van der Waals surface area contributed by atoms with Gasteiger partial charge in [-0.2, -0.15) is 8.42 Å². The summed E-state index contributed by atoms with van der Waals surface area (Å²) in [7, 11) is -8.51. The zero-order valence-corrected chi connectivity index (χ0v) is 27.3. The third-order valence-electron chi connectivity index (χ3n) is 8.11. The van der Waals surface area contributed by atoms with Gasteiger partial charge in [-0.3, -0.25) is 20.2 Å². The number of benzene rings is 4. The largest absolute Gasteiger partial charge is 0.462 e. The minimum Gasteiger partial charge on any atom is -0.462 e. The number of nitro benzene ring substituents is 2. The number of hydrogen-bond donors (Lipinski definition) is 0. The molecule has 1 saturated carbocycles. The zero-order chi connectivity index (χ0) is 33.6. The summed E-state index contributed by atoms with van der Waals surface area (Å²) in [6.45, 7) is 1.89. The van der Waals surface area contributed by atoms with Crippen molar-refractivity contribution < 1.29 is 31.4 Å². The quantitative estimate of drug-likeness (QED) is 0.0814. The Morgan fingerprint density at radius 3 is 1.74 bits per heavy atom. The number of esters is 1. The van der Waals surface area contributed by atoms with Crippen LogP contribution in [0, 0.1) is 33.1 Å². The molecule has 0 amide bonds. The molecular weight excluding hydrogens is 645 g/mol. The number of aryl methyl sites for hydroxylation is 1. The summed E-state index contributed by atoms with van der Waals surface area (Å²) in [5, 5.41) is 24.7. The van der Waals surface area contributed by atoms with Gasteiger partial charge in [0.15, 0.2) is 0 Å². The highest BCUT2D eigenvalue weighted by Crippen LogP contribution is 2.70. The van der Waals surface area contributed by atoms with Gasteiger partial charge in [0.25, 0.3) is 11.4 Å². The molecule has 0 atom stereocenters. The lowest BCUT2D eigenvalue weighted by Gasteiger charge is -2.39. The molecule has 0 bridgehead atoms. The van der Waals surface area contributed by atoms with Crippen LogP contribution < -0.4 is 0 Å². The Bertz CT molecular complexity index is 1790. The number of carbonyl (C=O) groups excluding carboxylic acids is 1. The van der Waals surface area contributed by atoms with Crippen molar-refractivity contribution in [3.63, 3.8) is 0 Å². The fourth-order valence-electron chi connectivity index (χ4n) is 5.77. The Morgan fingerprint density at radius 2 is 1.26 bits per heavy atom. The molecule has 0 unspecified atom stereocenters. The van der Waals surface area contributed by atoms with E-state index in [2.05, 4.69) is 0 Å². The van der Waals surface area contributed by atoms with Crippen molar-refractivity contribution in [3.05, 3.63) is 128 Å². The van der Waals surface area contributed by atoms with Crippen LogP contribution in [0.25, 0.3) is 0 Å². The van der Waals surface area contributed by atoms with Crippen LogP contribution in [0.2, 0.25) is 0 Å². The van der Waals surface area contributed by atoms with Crippen LogP contribution in [-0.2, 0) is 18.5 Å². The van der Waals surface area contributed by atoms with E-state index in [9.17, 15) is 33.4 Å². The smallest absolute Gasteiger partial charge is 0.338 e. The number of rotatable bonds is 12. The van der Waals surface area contributed by atoms with Crippen molar-refractivity contribution in [2.24, 2.45) is 5.92 Å². The SMILES string of the molecule is Cc1ccc(S(OS(=O)(=O)c2c([N+](=O)[O-])cc(C(=O)OCCC3CCCCC3)cc2[N+](=O)[O-])(c2ccccc2)c2ccccc2)cc1. The van der Waals surface area contributed by atoms with Gasteiger partial charge < -0.3 is 4.74 Å². The van der Waals surface area contributed by atoms with E-state index in [4.69, 9.17) is 8.37 Å². The van der Waals surface area contributed by atoms with Gasteiger partial charge in [0.05, 0.1) is 22.0 Å². The first-order valence-corrected chi connectivity index (χ1v) is 18.1. The Kier molecular flexibility index (Phi) is 10.4. The van der Waals surface area contributed by atoms with Gasteiger partial charge in [0, 0.05) is 26.8 Å². The lowest BCUT2D eigenvalue weighted by atomic mass is 9.87. The average Bonchev–Trinajstić information content (AvgIpc) is 3.08. The van der Waals surface area contributed by atoms with Gasteiger partial charge >= 0.3 is 16.1 Å². The summed E-state index contributed by atoms with van der Waals surface area (Å²) < 4.78 is 40.3. The van der Waals surface area contributed by atoms with Crippen molar-refractivity contribution >= 4 is 37.8 Å². The van der Waals surface area contributed by atoms with Gasteiger partial charge in [-0.25, -0.2) is 8.42 Å². The van der Waals surface area contributed by atoms with Crippen molar-refractivity contribution in [1.29, 1.82) is 0 Å². The predicted octanol–water partition coefficient (Wildman–Crippen LogP) is 8.54. The van der Waals surface area contributed by atoms with Crippen LogP contribution in [0.15, 0.2) is 117 Å². The maximum absolute atomic E-state index is 14.4. The van der Waals surface area contributed by atoms with Crippen molar-refractivity contribution in [1.82, 2.24) is 0 Å². The minimum atomic E-state index is -5.30. The molecule has 0 aliphatic heterocycles. The maximum Gasteiger partial charge on any atom is 0.338 e. The van der Waals surface area contributed by atoms with Crippen LogP contribution in [0.4, 0.5) is 11.4 Å². The monoisotopic (exact) mass is 678 g/mol. The molecule has 47 heavy (non-hydrogen) atoms. The highest BCUT2D eigenvalue weighted by molar-refractivity contribution is 8.33. The fraction of sp³-hybridized carbons (Fsp3) is 0.265. The fourth-order valence-corrected chi connectivity index (χ4v) is 11.3. The lowest BCUT2D eigenvalue weighted by molar-refractivity contribution is -0.400. The molecule has 0 aromatic heterocycles. The Hall–Kier alpha value is -4.59. The van der Waals surface area contributed by atoms with Crippen LogP contribution in [-0.4, -0.2) is 30.8 Å². The van der Waals surface area contributed by atoms with E-state index in [-0.39, 0.29) is 6.61 Å². The summed E-state index contributed by atoms with van der Waals surface area (Å²) >= 11 is 0. The molecule has 13 heteroatoms. The molecule has 1 fully saturated rings. The molecule has 0 N–H and O–H groups in total. The molecule has 1 aliphatic carbocycles. The van der Waals surface area contributed by atoms with E-state index in [0.29, 0.717) is 39.2 Å². The molecule has 1 aliphatic rings. The van der Waals surface area contributed by atoms with E-state index in [1.54, 1.807) is 84.9 Å². The maximum atomic E-state index is 14.4. The van der Waals surface area contributed by atoms with E-state index >= 15 is 0 Å². The first-order chi connectivity index (χ1) is 22.5. The summed E-state index contributed by atoms with van der Waals surface area (Å²) in [6, 6.07) is 25.3. The topological polar surface area (TPSA) is 156 Å². The van der Waals surface area contributed by atoms with Crippen LogP contribution in [0.1, 0.15) is 54.4 Å². The minimum absolute atomic E-state index is 0.0326. The van der Waals surface area contributed by atoms with Crippen LogP contribution in [0.5, 0.6) is 0 Å². The molecule has 0 heterocycles. The van der Waals surface area contributed by atoms with Gasteiger partial charge in [-0.05, 0) is 66.0 Å². The molecule has 4 aromatic carbocycles. The van der Waals surface area contributed by atoms with Crippen molar-refractivity contribution in [2.75, 3.05) is 6.61 Å². The van der Waals surface area contributed by atoms with E-state index in [1.165, 1.54) is 0 Å². The lowest BCUT2D eigenvalue weighted by Crippen LogP contribution is -2.18. The number of ether oxygens (including phenoxy) is 1. The molecule has 246 valence electrons. The summed E-state index contributed by atoms with van der Waals surface area (Å²) in [5.41, 5.74) is -1.96. The third kappa shape index (κ3) is 7.37. The van der Waals surface area contributed by atoms with Gasteiger partial charge in [-0.15, -0.1) is 0 Å². The summed E-state index contributed by atoms with van der Waals surface area (Å²) in [5.74, 6) is -0.638. The standard InChI is InChI=1S/C34H34N2O9S2/c1-25-17-19-30(20-18-25)46(28-13-7-3-8-14-28,29-15-9-4-10-16-29)45-47(42,43)33-31(35(38)39)23-27(24-32(33)36(40)41)34(37)44-22-21-26-11-5-2-6-12-26/h3-4,7-10,13-20,23-24,26H,2,5-6,11-12,21-22H2,1H3. The molecule has 0 radical (unpaired) electrons. The normalized spacial score (nSPS) is 14.3. The zero-order valence-electron chi connectivity index (χ0n) is 25.6. The third-order valence-corrected chi connectivity index (χ3v) is 13.4. The Balaban J connectivity index is 1.63. The second kappa shape index (κ2) is 14.4. The highest BCUT2D eigenvalue weighted by atomic mass is 32.3. The van der Waals surface area contributed by atoms with E-state index in [1.807, 2.05) is 6.92 Å². The Morgan fingerprint density at radius 1 is 0.766 bits per heavy atom. The Labute approximate surface area is 274 Å². The van der Waals surface area contributed by atoms with Gasteiger partial charge in [0.1, 0.15) is 0 Å². The number of carbonyl (C=O) groups is 1. The van der Waals surface area contributed by atoms with E-state index < -0.39 is 58.1 Å². The first-order valence-electron chi connectivity index (χ1n) is 15.1. The number of nitrogens with zero attached hydrogens (tertiary/aromatic N) is 2. The highest BCUT2D eigenvalue weighted by Gasteiger charge is 2.45. The van der Waals surface area contributed by atoms with Gasteiger partial charge in [-0.1, -0.05) is 86.2 Å². The van der Waals surface area contributed by atoms with E-state index in [0.717, 1.165) is 37.7 Å². The summed E-state index contributed by atoms with van der Waals surface area (Å²) in [4.78, 5) is 35.6. The molecule has 5 rings (SSSR count). The van der Waals surface area contributed by atoms with Crippen LogP contribution >= 0.6 is 10.3 Å². The number of hydrogen-bond acceptors (Lipinski definition) is 9. The van der Waals surface area contributed by atoms with Crippen molar-refractivity contribution in [3.8, 4) is 0 Å². The second-order valence-electron chi connectivity index (χ2n) is 11.3. The molecule has 0 saturated heterocycles.